The fourth-order valence-electron chi connectivity index (χ4n) is 2.96. The van der Waals surface area contributed by atoms with Crippen molar-refractivity contribution >= 4 is 21.4 Å². The first-order valence-corrected chi connectivity index (χ1v) is 10.5. The van der Waals surface area contributed by atoms with Gasteiger partial charge in [-0.15, -0.1) is 0 Å². The summed E-state index contributed by atoms with van der Waals surface area (Å²) >= 11 is 0. The molecule has 2 aromatic carbocycles. The van der Waals surface area contributed by atoms with Crippen molar-refractivity contribution in [2.24, 2.45) is 0 Å². The van der Waals surface area contributed by atoms with Crippen LogP contribution in [0.3, 0.4) is 0 Å². The summed E-state index contributed by atoms with van der Waals surface area (Å²) in [5, 5.41) is 0. The highest BCUT2D eigenvalue weighted by Crippen LogP contribution is 2.36. The molecule has 0 aromatic heterocycles. The molecule has 1 heterocycles. The number of anilines is 2. The molecular weight excluding hydrogens is 409 g/mol. The van der Waals surface area contributed by atoms with Gasteiger partial charge in [0.15, 0.2) is 0 Å². The number of ether oxygens (including phenoxy) is 2. The molecule has 0 atom stereocenters. The molecule has 0 aliphatic carbocycles. The Balaban J connectivity index is 1.96. The Morgan fingerprint density at radius 1 is 1.10 bits per heavy atom. The van der Waals surface area contributed by atoms with E-state index in [9.17, 15) is 21.6 Å². The summed E-state index contributed by atoms with van der Waals surface area (Å²) in [4.78, 5) is 1.71. The Morgan fingerprint density at radius 2 is 1.76 bits per heavy atom. The first-order valence-electron chi connectivity index (χ1n) is 9.00. The van der Waals surface area contributed by atoms with Crippen LogP contribution in [-0.2, 0) is 20.9 Å². The van der Waals surface area contributed by atoms with E-state index in [0.717, 1.165) is 12.1 Å². The van der Waals surface area contributed by atoms with Crippen molar-refractivity contribution < 1.29 is 31.1 Å². The lowest BCUT2D eigenvalue weighted by atomic mass is 10.1. The van der Waals surface area contributed by atoms with Gasteiger partial charge in [0, 0.05) is 13.1 Å². The van der Waals surface area contributed by atoms with Crippen LogP contribution in [0.5, 0.6) is 5.75 Å². The van der Waals surface area contributed by atoms with Gasteiger partial charge < -0.3 is 14.4 Å². The average Bonchev–Trinajstić information content (AvgIpc) is 2.68. The van der Waals surface area contributed by atoms with Crippen LogP contribution >= 0.6 is 0 Å². The first-order chi connectivity index (χ1) is 13.7. The number of hydrogen-bond acceptors (Lipinski definition) is 5. The van der Waals surface area contributed by atoms with E-state index in [2.05, 4.69) is 4.72 Å². The Hall–Kier alpha value is -2.46. The molecule has 158 valence electrons. The van der Waals surface area contributed by atoms with Gasteiger partial charge in [-0.25, -0.2) is 8.42 Å². The lowest BCUT2D eigenvalue weighted by Gasteiger charge is -2.31. The smallest absolute Gasteiger partial charge is 0.416 e. The van der Waals surface area contributed by atoms with Gasteiger partial charge in [0.05, 0.1) is 41.7 Å². The molecule has 0 radical (unpaired) electrons. The number of benzene rings is 2. The molecule has 6 nitrogen and oxygen atoms in total. The van der Waals surface area contributed by atoms with Crippen LogP contribution in [0, 0.1) is 0 Å². The maximum absolute atomic E-state index is 13.2. The highest BCUT2D eigenvalue weighted by atomic mass is 32.2. The first kappa shape index (κ1) is 21.3. The zero-order valence-electron chi connectivity index (χ0n) is 15.7. The van der Waals surface area contributed by atoms with Crippen LogP contribution in [-0.4, -0.2) is 41.3 Å². The molecule has 0 unspecified atom stereocenters. The van der Waals surface area contributed by atoms with E-state index in [1.807, 2.05) is 0 Å². The molecule has 0 bridgehead atoms. The summed E-state index contributed by atoms with van der Waals surface area (Å²) in [7, 11) is -4.10. The van der Waals surface area contributed by atoms with Gasteiger partial charge >= 0.3 is 6.18 Å². The van der Waals surface area contributed by atoms with E-state index in [4.69, 9.17) is 9.47 Å². The van der Waals surface area contributed by atoms with Gasteiger partial charge in [-0.3, -0.25) is 4.72 Å². The highest BCUT2D eigenvalue weighted by molar-refractivity contribution is 7.92. The van der Waals surface area contributed by atoms with Gasteiger partial charge in [0.1, 0.15) is 5.75 Å². The molecule has 0 spiro atoms. The minimum absolute atomic E-state index is 0.0775. The van der Waals surface area contributed by atoms with Crippen molar-refractivity contribution in [2.75, 3.05) is 42.5 Å². The number of nitrogens with zero attached hydrogens (tertiary/aromatic N) is 1. The summed E-state index contributed by atoms with van der Waals surface area (Å²) in [5.74, 6) is 0.500. The van der Waals surface area contributed by atoms with Crippen LogP contribution in [0.4, 0.5) is 24.5 Å². The zero-order chi connectivity index (χ0) is 21.1. The molecule has 3 rings (SSSR count). The maximum Gasteiger partial charge on any atom is 0.416 e. The Morgan fingerprint density at radius 3 is 2.34 bits per heavy atom. The van der Waals surface area contributed by atoms with Gasteiger partial charge in [0.2, 0.25) is 0 Å². The van der Waals surface area contributed by atoms with Crippen molar-refractivity contribution in [2.45, 2.75) is 18.0 Å². The molecule has 1 N–H and O–H groups in total. The number of rotatable bonds is 6. The van der Waals surface area contributed by atoms with Gasteiger partial charge in [0.25, 0.3) is 10.0 Å². The quantitative estimate of drug-likeness (QED) is 0.756. The van der Waals surface area contributed by atoms with Crippen LogP contribution in [0.2, 0.25) is 0 Å². The number of halogens is 3. The molecule has 0 amide bonds. The number of alkyl halides is 3. The molecular formula is C19H21F3N2O4S. The monoisotopic (exact) mass is 430 g/mol. The van der Waals surface area contributed by atoms with Gasteiger partial charge in [-0.05, 0) is 49.4 Å². The second kappa shape index (κ2) is 8.50. The van der Waals surface area contributed by atoms with Crippen LogP contribution in [0.25, 0.3) is 0 Å². The van der Waals surface area contributed by atoms with Crippen LogP contribution < -0.4 is 14.4 Å². The fourth-order valence-corrected chi connectivity index (χ4v) is 4.02. The van der Waals surface area contributed by atoms with Crippen LogP contribution in [0.15, 0.2) is 47.4 Å². The summed E-state index contributed by atoms with van der Waals surface area (Å²) in [5.41, 5.74) is -0.690. The predicted octanol–water partition coefficient (Wildman–Crippen LogP) is 3.74. The molecule has 1 aliphatic heterocycles. The number of nitrogens with one attached hydrogen (secondary N) is 1. The molecule has 10 heteroatoms. The normalized spacial score (nSPS) is 15.2. The minimum Gasteiger partial charge on any atom is -0.494 e. The van der Waals surface area contributed by atoms with Gasteiger partial charge in [-0.1, -0.05) is 0 Å². The van der Waals surface area contributed by atoms with Crippen molar-refractivity contribution in [3.8, 4) is 5.75 Å². The van der Waals surface area contributed by atoms with Crippen molar-refractivity contribution in [1.82, 2.24) is 0 Å². The molecule has 29 heavy (non-hydrogen) atoms. The maximum atomic E-state index is 13.2. The predicted molar refractivity (Wildman–Crippen MR) is 103 cm³/mol. The summed E-state index contributed by atoms with van der Waals surface area (Å²) in [6, 6.07) is 8.71. The summed E-state index contributed by atoms with van der Waals surface area (Å²) in [6.07, 6.45) is -4.59. The second-order valence-electron chi connectivity index (χ2n) is 6.34. The molecule has 1 aliphatic rings. The summed E-state index contributed by atoms with van der Waals surface area (Å²) < 4.78 is 78.0. The Bertz CT molecular complexity index is 941. The minimum atomic E-state index is -4.59. The molecule has 2 aromatic rings. The molecule has 1 fully saturated rings. The summed E-state index contributed by atoms with van der Waals surface area (Å²) in [6.45, 7) is 3.94. The third-order valence-electron chi connectivity index (χ3n) is 4.37. The highest BCUT2D eigenvalue weighted by Gasteiger charge is 2.32. The zero-order valence-corrected chi connectivity index (χ0v) is 16.5. The fraction of sp³-hybridized carbons (Fsp3) is 0.368. The van der Waals surface area contributed by atoms with Crippen LogP contribution in [0.1, 0.15) is 12.5 Å². The van der Waals surface area contributed by atoms with E-state index in [0.29, 0.717) is 44.3 Å². The molecule has 1 saturated heterocycles. The third-order valence-corrected chi connectivity index (χ3v) is 5.75. The topological polar surface area (TPSA) is 67.9 Å². The van der Waals surface area contributed by atoms with E-state index in [1.54, 1.807) is 11.8 Å². The Labute approximate surface area is 167 Å². The van der Waals surface area contributed by atoms with Crippen molar-refractivity contribution in [3.63, 3.8) is 0 Å². The average molecular weight is 430 g/mol. The van der Waals surface area contributed by atoms with Crippen molar-refractivity contribution in [3.05, 3.63) is 48.0 Å². The van der Waals surface area contributed by atoms with E-state index in [-0.39, 0.29) is 10.6 Å². The SMILES string of the molecule is CCOc1ccc(S(=O)(=O)Nc2cc(C(F)(F)F)ccc2N2CCOCC2)cc1. The number of hydrogen-bond donors (Lipinski definition) is 1. The standard InChI is InChI=1S/C19H21F3N2O4S/c1-2-28-15-4-6-16(7-5-15)29(25,26)23-17-13-14(19(20,21)22)3-8-18(17)24-9-11-27-12-10-24/h3-8,13,23H,2,9-12H2,1H3. The third kappa shape index (κ3) is 5.13. The number of sulfonamides is 1. The largest absolute Gasteiger partial charge is 0.494 e. The molecule has 0 saturated carbocycles. The second-order valence-corrected chi connectivity index (χ2v) is 8.02. The lowest BCUT2D eigenvalue weighted by molar-refractivity contribution is -0.137. The van der Waals surface area contributed by atoms with E-state index >= 15 is 0 Å². The number of morpholine rings is 1. The van der Waals surface area contributed by atoms with E-state index in [1.165, 1.54) is 30.3 Å². The Kier molecular flexibility index (Phi) is 6.23. The van der Waals surface area contributed by atoms with E-state index < -0.39 is 21.8 Å². The lowest BCUT2D eigenvalue weighted by Crippen LogP contribution is -2.36. The van der Waals surface area contributed by atoms with Crippen molar-refractivity contribution in [1.29, 1.82) is 0 Å². The van der Waals surface area contributed by atoms with Gasteiger partial charge in [-0.2, -0.15) is 13.2 Å².